The summed E-state index contributed by atoms with van der Waals surface area (Å²) >= 11 is 0. The third-order valence-corrected chi connectivity index (χ3v) is 2.57. The van der Waals surface area contributed by atoms with Crippen LogP contribution in [0.25, 0.3) is 0 Å². The van der Waals surface area contributed by atoms with Gasteiger partial charge in [0.2, 0.25) is 5.82 Å². The monoisotopic (exact) mass is 246 g/mol. The van der Waals surface area contributed by atoms with Crippen LogP contribution in [0.4, 0.5) is 22.0 Å². The minimum Gasteiger partial charge on any atom is -0.203 e. The van der Waals surface area contributed by atoms with E-state index in [1.807, 2.05) is 0 Å². The largest absolute Gasteiger partial charge is 0.203 e. The SMILES string of the molecule is Fc1c(F)c(F)c(CC2C=CC=C2)c(F)c1F. The molecule has 1 aromatic rings. The van der Waals surface area contributed by atoms with E-state index in [4.69, 9.17) is 0 Å². The Morgan fingerprint density at radius 3 is 1.59 bits per heavy atom. The summed E-state index contributed by atoms with van der Waals surface area (Å²) in [5, 5.41) is 0. The van der Waals surface area contributed by atoms with E-state index in [9.17, 15) is 22.0 Å². The van der Waals surface area contributed by atoms with Crippen molar-refractivity contribution in [2.45, 2.75) is 6.42 Å². The molecule has 1 aromatic carbocycles. The maximum atomic E-state index is 13.3. The molecule has 0 nitrogen and oxygen atoms in total. The number of rotatable bonds is 2. The molecule has 0 bridgehead atoms. The second kappa shape index (κ2) is 4.31. The number of benzene rings is 1. The van der Waals surface area contributed by atoms with E-state index in [-0.39, 0.29) is 12.3 Å². The molecular formula is C12H7F5. The van der Waals surface area contributed by atoms with Gasteiger partial charge in [0.05, 0.1) is 0 Å². The molecule has 0 spiro atoms. The van der Waals surface area contributed by atoms with Crippen LogP contribution in [-0.2, 0) is 6.42 Å². The molecule has 0 N–H and O–H groups in total. The van der Waals surface area contributed by atoms with Crippen LogP contribution in [0.2, 0.25) is 0 Å². The summed E-state index contributed by atoms with van der Waals surface area (Å²) in [6.45, 7) is 0. The van der Waals surface area contributed by atoms with Crippen molar-refractivity contribution in [2.24, 2.45) is 5.92 Å². The summed E-state index contributed by atoms with van der Waals surface area (Å²) in [6, 6.07) is 0. The second-order valence-electron chi connectivity index (χ2n) is 3.69. The fourth-order valence-corrected chi connectivity index (χ4v) is 1.68. The van der Waals surface area contributed by atoms with Crippen molar-refractivity contribution in [1.29, 1.82) is 0 Å². The van der Waals surface area contributed by atoms with E-state index >= 15 is 0 Å². The van der Waals surface area contributed by atoms with Gasteiger partial charge in [0.15, 0.2) is 23.3 Å². The van der Waals surface area contributed by atoms with E-state index in [1.165, 1.54) is 0 Å². The van der Waals surface area contributed by atoms with Crippen LogP contribution in [0.15, 0.2) is 24.3 Å². The molecule has 1 aliphatic carbocycles. The average molecular weight is 246 g/mol. The molecule has 0 aromatic heterocycles. The first-order valence-corrected chi connectivity index (χ1v) is 4.87. The summed E-state index contributed by atoms with van der Waals surface area (Å²) in [5.41, 5.74) is -0.775. The lowest BCUT2D eigenvalue weighted by Gasteiger charge is -2.10. The fourth-order valence-electron chi connectivity index (χ4n) is 1.68. The summed E-state index contributed by atoms with van der Waals surface area (Å²) in [4.78, 5) is 0. The van der Waals surface area contributed by atoms with Crippen LogP contribution >= 0.6 is 0 Å². The van der Waals surface area contributed by atoms with Crippen molar-refractivity contribution >= 4 is 0 Å². The molecule has 0 saturated carbocycles. The van der Waals surface area contributed by atoms with Gasteiger partial charge in [-0.1, -0.05) is 24.3 Å². The van der Waals surface area contributed by atoms with Gasteiger partial charge in [-0.3, -0.25) is 0 Å². The van der Waals surface area contributed by atoms with E-state index in [2.05, 4.69) is 0 Å². The Morgan fingerprint density at radius 2 is 1.12 bits per heavy atom. The van der Waals surface area contributed by atoms with Crippen molar-refractivity contribution in [2.75, 3.05) is 0 Å². The molecule has 0 saturated heterocycles. The molecule has 0 atom stereocenters. The Balaban J connectivity index is 2.46. The third kappa shape index (κ3) is 1.97. The van der Waals surface area contributed by atoms with Gasteiger partial charge in [-0.15, -0.1) is 0 Å². The second-order valence-corrected chi connectivity index (χ2v) is 3.69. The molecule has 0 amide bonds. The lowest BCUT2D eigenvalue weighted by molar-refractivity contribution is 0.368. The fraction of sp³-hybridized carbons (Fsp3) is 0.167. The predicted molar refractivity (Wildman–Crippen MR) is 51.7 cm³/mol. The highest BCUT2D eigenvalue weighted by Gasteiger charge is 2.26. The zero-order chi connectivity index (χ0) is 12.6. The Hall–Kier alpha value is -1.65. The summed E-state index contributed by atoms with van der Waals surface area (Å²) in [7, 11) is 0. The van der Waals surface area contributed by atoms with Crippen molar-refractivity contribution in [3.63, 3.8) is 0 Å². The first-order chi connectivity index (χ1) is 8.02. The lowest BCUT2D eigenvalue weighted by atomic mass is 9.99. The van der Waals surface area contributed by atoms with Crippen molar-refractivity contribution in [1.82, 2.24) is 0 Å². The predicted octanol–water partition coefficient (Wildman–Crippen LogP) is 3.67. The van der Waals surface area contributed by atoms with E-state index in [1.54, 1.807) is 24.3 Å². The first kappa shape index (κ1) is 11.8. The molecule has 90 valence electrons. The molecule has 5 heteroatoms. The summed E-state index contributed by atoms with van der Waals surface area (Å²) in [6.07, 6.45) is 6.29. The highest BCUT2D eigenvalue weighted by molar-refractivity contribution is 5.28. The molecular weight excluding hydrogens is 239 g/mol. The third-order valence-electron chi connectivity index (χ3n) is 2.57. The Kier molecular flexibility index (Phi) is 3.00. The first-order valence-electron chi connectivity index (χ1n) is 4.87. The molecule has 2 rings (SSSR count). The number of hydrogen-bond acceptors (Lipinski definition) is 0. The maximum Gasteiger partial charge on any atom is 0.200 e. The van der Waals surface area contributed by atoms with E-state index in [0.717, 1.165) is 0 Å². The van der Waals surface area contributed by atoms with Crippen molar-refractivity contribution in [3.8, 4) is 0 Å². The number of hydrogen-bond donors (Lipinski definition) is 0. The Labute approximate surface area is 94.1 Å². The smallest absolute Gasteiger partial charge is 0.200 e. The average Bonchev–Trinajstić information content (AvgIpc) is 2.82. The molecule has 0 aliphatic heterocycles. The van der Waals surface area contributed by atoms with Gasteiger partial charge in [-0.25, -0.2) is 22.0 Å². The highest BCUT2D eigenvalue weighted by Crippen LogP contribution is 2.26. The maximum absolute atomic E-state index is 13.3. The van der Waals surface area contributed by atoms with Crippen LogP contribution < -0.4 is 0 Å². The molecule has 0 unspecified atom stereocenters. The zero-order valence-electron chi connectivity index (χ0n) is 8.48. The normalized spacial score (nSPS) is 14.9. The van der Waals surface area contributed by atoms with Gasteiger partial charge in [0.25, 0.3) is 0 Å². The van der Waals surface area contributed by atoms with Crippen LogP contribution in [0, 0.1) is 35.0 Å². The minimum atomic E-state index is -2.12. The van der Waals surface area contributed by atoms with Gasteiger partial charge < -0.3 is 0 Å². The van der Waals surface area contributed by atoms with E-state index < -0.39 is 34.6 Å². The van der Waals surface area contributed by atoms with Crippen LogP contribution in [0.1, 0.15) is 5.56 Å². The molecule has 0 fully saturated rings. The van der Waals surface area contributed by atoms with Gasteiger partial charge in [0.1, 0.15) is 0 Å². The minimum absolute atomic E-state index is 0.251. The van der Waals surface area contributed by atoms with Crippen molar-refractivity contribution in [3.05, 3.63) is 59.0 Å². The van der Waals surface area contributed by atoms with Crippen LogP contribution in [0.3, 0.4) is 0 Å². The van der Waals surface area contributed by atoms with Gasteiger partial charge in [0, 0.05) is 5.56 Å². The zero-order valence-corrected chi connectivity index (χ0v) is 8.48. The molecule has 0 radical (unpaired) electrons. The number of allylic oxidation sites excluding steroid dienone is 4. The van der Waals surface area contributed by atoms with Crippen LogP contribution in [-0.4, -0.2) is 0 Å². The summed E-state index contributed by atoms with van der Waals surface area (Å²) in [5.74, 6) is -9.77. The van der Waals surface area contributed by atoms with Crippen molar-refractivity contribution < 1.29 is 22.0 Å². The van der Waals surface area contributed by atoms with Gasteiger partial charge in [-0.05, 0) is 12.3 Å². The lowest BCUT2D eigenvalue weighted by Crippen LogP contribution is -2.09. The van der Waals surface area contributed by atoms with Gasteiger partial charge in [-0.2, -0.15) is 0 Å². The quantitative estimate of drug-likeness (QED) is 0.424. The molecule has 0 heterocycles. The Bertz CT molecular complexity index is 475. The summed E-state index contributed by atoms with van der Waals surface area (Å²) < 4.78 is 65.1. The van der Waals surface area contributed by atoms with Gasteiger partial charge >= 0.3 is 0 Å². The van der Waals surface area contributed by atoms with Crippen LogP contribution in [0.5, 0.6) is 0 Å². The highest BCUT2D eigenvalue weighted by atomic mass is 19.2. The van der Waals surface area contributed by atoms with E-state index in [0.29, 0.717) is 0 Å². The number of halogens is 5. The molecule has 1 aliphatic rings. The Morgan fingerprint density at radius 1 is 0.706 bits per heavy atom. The standard InChI is InChI=1S/C12H7F5/c13-8-7(5-6-3-1-2-4-6)9(14)11(16)12(17)10(8)15/h1-4,6H,5H2. The topological polar surface area (TPSA) is 0 Å². The molecule has 17 heavy (non-hydrogen) atoms.